The molecule has 3 heterocycles. The zero-order valence-electron chi connectivity index (χ0n) is 14.7. The fraction of sp³-hybridized carbons (Fsp3) is 0.158. The second kappa shape index (κ2) is 7.95. The molecule has 4 rings (SSSR count). The minimum atomic E-state index is -0.142. The first-order valence-corrected chi connectivity index (χ1v) is 9.85. The van der Waals surface area contributed by atoms with Crippen LogP contribution < -0.4 is 10.9 Å². The summed E-state index contributed by atoms with van der Waals surface area (Å²) in [6.07, 6.45) is 5.24. The van der Waals surface area contributed by atoms with Crippen molar-refractivity contribution in [1.29, 1.82) is 0 Å². The van der Waals surface area contributed by atoms with E-state index in [9.17, 15) is 9.59 Å². The number of hydrogen-bond acceptors (Lipinski definition) is 5. The second-order valence-corrected chi connectivity index (χ2v) is 7.51. The number of carbonyl (C=O) groups excluding carboxylic acids is 1. The maximum absolute atomic E-state index is 12.3. The highest BCUT2D eigenvalue weighted by Crippen LogP contribution is 2.14. The van der Waals surface area contributed by atoms with E-state index in [0.717, 1.165) is 11.3 Å². The quantitative estimate of drug-likeness (QED) is 0.526. The lowest BCUT2D eigenvalue weighted by molar-refractivity contribution is -0.121. The lowest BCUT2D eigenvalue weighted by Gasteiger charge is -2.06. The molecule has 9 heteroatoms. The Kier molecular flexibility index (Phi) is 5.23. The molecule has 0 aliphatic heterocycles. The Morgan fingerprint density at radius 1 is 1.21 bits per heavy atom. The molecule has 0 saturated carbocycles. The molecule has 0 fully saturated rings. The van der Waals surface area contributed by atoms with Gasteiger partial charge in [0.2, 0.25) is 5.91 Å². The van der Waals surface area contributed by atoms with Crippen LogP contribution in [0.5, 0.6) is 0 Å². The predicted molar refractivity (Wildman–Crippen MR) is 109 cm³/mol. The molecule has 0 aliphatic rings. The Balaban J connectivity index is 1.32. The van der Waals surface area contributed by atoms with Gasteiger partial charge in [0.05, 0.1) is 23.6 Å². The van der Waals surface area contributed by atoms with E-state index in [1.165, 1.54) is 22.2 Å². The lowest BCUT2D eigenvalue weighted by atomic mass is 10.3. The first-order valence-electron chi connectivity index (χ1n) is 8.59. The zero-order valence-corrected chi connectivity index (χ0v) is 16.3. The van der Waals surface area contributed by atoms with Crippen molar-refractivity contribution in [2.45, 2.75) is 19.5 Å². The van der Waals surface area contributed by atoms with Crippen molar-refractivity contribution in [1.82, 2.24) is 24.6 Å². The molecule has 0 radical (unpaired) electrons. The summed E-state index contributed by atoms with van der Waals surface area (Å²) in [5.74, 6) is -0.142. The van der Waals surface area contributed by atoms with Crippen LogP contribution in [0.2, 0.25) is 5.02 Å². The van der Waals surface area contributed by atoms with Gasteiger partial charge >= 0.3 is 0 Å². The number of benzene rings is 1. The number of aromatic nitrogens is 4. The van der Waals surface area contributed by atoms with Crippen molar-refractivity contribution in [2.75, 3.05) is 0 Å². The van der Waals surface area contributed by atoms with E-state index >= 15 is 0 Å². The molecule has 3 aromatic heterocycles. The van der Waals surface area contributed by atoms with E-state index in [1.54, 1.807) is 29.1 Å². The molecule has 1 amide bonds. The summed E-state index contributed by atoms with van der Waals surface area (Å²) < 4.78 is 3.19. The van der Waals surface area contributed by atoms with Crippen LogP contribution in [0.4, 0.5) is 0 Å². The van der Waals surface area contributed by atoms with Gasteiger partial charge in [0.15, 0.2) is 0 Å². The van der Waals surface area contributed by atoms with Crippen molar-refractivity contribution in [3.63, 3.8) is 0 Å². The number of amides is 1. The zero-order chi connectivity index (χ0) is 19.5. The normalized spacial score (nSPS) is 11.0. The largest absolute Gasteiger partial charge is 0.352 e. The number of aryl methyl sites for hydroxylation is 1. The Morgan fingerprint density at radius 3 is 2.86 bits per heavy atom. The third kappa shape index (κ3) is 3.97. The van der Waals surface area contributed by atoms with E-state index in [-0.39, 0.29) is 24.4 Å². The SMILES string of the molecule is O=C(CCn1cnc2sccc2c1=O)NCc1cnn(-c2ccc(Cl)cc2)c1. The van der Waals surface area contributed by atoms with Gasteiger partial charge in [-0.3, -0.25) is 14.2 Å². The van der Waals surface area contributed by atoms with Gasteiger partial charge in [0.1, 0.15) is 4.83 Å². The average molecular weight is 414 g/mol. The summed E-state index contributed by atoms with van der Waals surface area (Å²) in [6.45, 7) is 0.649. The number of rotatable bonds is 6. The Labute approximate surface area is 169 Å². The standard InChI is InChI=1S/C19H16ClN5O2S/c20-14-1-3-15(4-2-14)25-11-13(10-23-25)9-21-17(26)5-7-24-12-22-18-16(19(24)27)6-8-28-18/h1-4,6,8,10-12H,5,7,9H2,(H,21,26). The third-order valence-electron chi connectivity index (χ3n) is 4.25. The molecule has 1 N–H and O–H groups in total. The van der Waals surface area contributed by atoms with E-state index < -0.39 is 0 Å². The topological polar surface area (TPSA) is 81.8 Å². The number of nitrogens with zero attached hydrogens (tertiary/aromatic N) is 4. The molecule has 142 valence electrons. The number of nitrogens with one attached hydrogen (secondary N) is 1. The van der Waals surface area contributed by atoms with Crippen LogP contribution in [0.25, 0.3) is 15.9 Å². The molecule has 0 spiro atoms. The van der Waals surface area contributed by atoms with Gasteiger partial charge in [-0.15, -0.1) is 11.3 Å². The molecule has 0 atom stereocenters. The summed E-state index contributed by atoms with van der Waals surface area (Å²) in [5, 5.41) is 10.2. The fourth-order valence-electron chi connectivity index (χ4n) is 2.75. The first-order chi connectivity index (χ1) is 13.6. The van der Waals surface area contributed by atoms with Crippen molar-refractivity contribution in [3.05, 3.63) is 75.4 Å². The first kappa shape index (κ1) is 18.4. The maximum atomic E-state index is 12.3. The van der Waals surface area contributed by atoms with E-state index in [0.29, 0.717) is 21.8 Å². The van der Waals surface area contributed by atoms with Crippen LogP contribution in [-0.2, 0) is 17.9 Å². The summed E-state index contributed by atoms with van der Waals surface area (Å²) in [7, 11) is 0. The van der Waals surface area contributed by atoms with Crippen molar-refractivity contribution < 1.29 is 4.79 Å². The van der Waals surface area contributed by atoms with E-state index in [2.05, 4.69) is 15.4 Å². The highest BCUT2D eigenvalue weighted by atomic mass is 35.5. The fourth-order valence-corrected chi connectivity index (χ4v) is 3.60. The van der Waals surface area contributed by atoms with Crippen molar-refractivity contribution >= 4 is 39.1 Å². The monoisotopic (exact) mass is 413 g/mol. The van der Waals surface area contributed by atoms with Crippen molar-refractivity contribution in [2.24, 2.45) is 0 Å². The Hall–Kier alpha value is -2.97. The second-order valence-electron chi connectivity index (χ2n) is 6.18. The van der Waals surface area contributed by atoms with Crippen LogP contribution in [0.1, 0.15) is 12.0 Å². The maximum Gasteiger partial charge on any atom is 0.262 e. The molecule has 7 nitrogen and oxygen atoms in total. The molecule has 0 saturated heterocycles. The van der Waals surface area contributed by atoms with Gasteiger partial charge in [-0.05, 0) is 35.7 Å². The van der Waals surface area contributed by atoms with Gasteiger partial charge < -0.3 is 5.32 Å². The number of halogens is 1. The minimum Gasteiger partial charge on any atom is -0.352 e. The van der Waals surface area contributed by atoms with Gasteiger partial charge in [0.25, 0.3) is 5.56 Å². The van der Waals surface area contributed by atoms with E-state index in [4.69, 9.17) is 11.6 Å². The van der Waals surface area contributed by atoms with Crippen molar-refractivity contribution in [3.8, 4) is 5.69 Å². The summed E-state index contributed by atoms with van der Waals surface area (Å²) in [4.78, 5) is 29.4. The van der Waals surface area contributed by atoms with Gasteiger partial charge in [-0.25, -0.2) is 9.67 Å². The van der Waals surface area contributed by atoms with Crippen LogP contribution >= 0.6 is 22.9 Å². The molecule has 0 bridgehead atoms. The predicted octanol–water partition coefficient (Wildman–Crippen LogP) is 3.00. The molecule has 0 aliphatic carbocycles. The molecule has 4 aromatic rings. The number of carbonyl (C=O) groups is 1. The van der Waals surface area contributed by atoms with Crippen LogP contribution in [0, 0.1) is 0 Å². The highest BCUT2D eigenvalue weighted by Gasteiger charge is 2.08. The highest BCUT2D eigenvalue weighted by molar-refractivity contribution is 7.16. The van der Waals surface area contributed by atoms with Gasteiger partial charge in [-0.2, -0.15) is 5.10 Å². The van der Waals surface area contributed by atoms with Gasteiger partial charge in [0, 0.05) is 36.3 Å². The summed E-state index contributed by atoms with van der Waals surface area (Å²) in [6, 6.07) is 9.08. The summed E-state index contributed by atoms with van der Waals surface area (Å²) in [5.41, 5.74) is 1.64. The average Bonchev–Trinajstić information content (AvgIpc) is 3.36. The van der Waals surface area contributed by atoms with Crippen LogP contribution in [-0.4, -0.2) is 25.2 Å². The molecular formula is C19H16ClN5O2S. The van der Waals surface area contributed by atoms with Crippen LogP contribution in [0.3, 0.4) is 0 Å². The smallest absolute Gasteiger partial charge is 0.262 e. The molecule has 1 aromatic carbocycles. The van der Waals surface area contributed by atoms with Crippen LogP contribution in [0.15, 0.2) is 59.2 Å². The molecule has 0 unspecified atom stereocenters. The summed E-state index contributed by atoms with van der Waals surface area (Å²) >= 11 is 7.32. The third-order valence-corrected chi connectivity index (χ3v) is 5.32. The number of fused-ring (bicyclic) bond motifs is 1. The number of hydrogen-bond donors (Lipinski definition) is 1. The Morgan fingerprint density at radius 2 is 2.04 bits per heavy atom. The molecule has 28 heavy (non-hydrogen) atoms. The Bertz CT molecular complexity index is 1180. The minimum absolute atomic E-state index is 0.122. The molecular weight excluding hydrogens is 398 g/mol. The van der Waals surface area contributed by atoms with Gasteiger partial charge in [-0.1, -0.05) is 11.6 Å². The van der Waals surface area contributed by atoms with E-state index in [1.807, 2.05) is 23.7 Å². The number of thiophene rings is 1. The lowest BCUT2D eigenvalue weighted by Crippen LogP contribution is -2.27.